The zero-order chi connectivity index (χ0) is 14.2. The Hall–Kier alpha value is -2.59. The fraction of sp³-hybridized carbons (Fsp3) is 0. The first-order valence-corrected chi connectivity index (χ1v) is 7.46. The molecule has 0 spiro atoms. The van der Waals surface area contributed by atoms with E-state index >= 15 is 0 Å². The first-order valence-electron chi connectivity index (χ1n) is 6.64. The van der Waals surface area contributed by atoms with Crippen LogP contribution in [-0.4, -0.2) is 15.3 Å². The highest BCUT2D eigenvalue weighted by Gasteiger charge is 2.15. The normalized spacial score (nSPS) is 11.0. The predicted octanol–water partition coefficient (Wildman–Crippen LogP) is 4.66. The molecule has 4 aromatic rings. The SMILES string of the molecule is Oc1c(-c2cc(-c3ccccc3)n[nH]2)sc2ccccc12. The Morgan fingerprint density at radius 1 is 0.952 bits per heavy atom. The molecule has 2 aromatic carbocycles. The van der Waals surface area contributed by atoms with Crippen molar-refractivity contribution in [3.05, 3.63) is 60.7 Å². The van der Waals surface area contributed by atoms with E-state index in [0.29, 0.717) is 5.75 Å². The van der Waals surface area contributed by atoms with Crippen LogP contribution >= 0.6 is 11.3 Å². The van der Waals surface area contributed by atoms with E-state index in [2.05, 4.69) is 10.2 Å². The third-order valence-corrected chi connectivity index (χ3v) is 4.65. The molecular weight excluding hydrogens is 280 g/mol. The van der Waals surface area contributed by atoms with Crippen molar-refractivity contribution in [1.82, 2.24) is 10.2 Å². The van der Waals surface area contributed by atoms with E-state index in [9.17, 15) is 5.11 Å². The molecule has 0 atom stereocenters. The number of aromatic amines is 1. The summed E-state index contributed by atoms with van der Waals surface area (Å²) in [4.78, 5) is 0.825. The molecule has 2 heterocycles. The van der Waals surface area contributed by atoms with Gasteiger partial charge < -0.3 is 5.11 Å². The van der Waals surface area contributed by atoms with E-state index < -0.39 is 0 Å². The lowest BCUT2D eigenvalue weighted by atomic mass is 10.1. The lowest BCUT2D eigenvalue weighted by molar-refractivity contribution is 0.485. The van der Waals surface area contributed by atoms with Gasteiger partial charge in [-0.3, -0.25) is 5.10 Å². The number of thiophene rings is 1. The number of nitrogens with one attached hydrogen (secondary N) is 1. The average Bonchev–Trinajstić information content (AvgIpc) is 3.14. The quantitative estimate of drug-likeness (QED) is 0.564. The number of aromatic nitrogens is 2. The standard InChI is InChI=1S/C17H12N2OS/c20-16-12-8-4-5-9-15(12)21-17(16)14-10-13(18-19-14)11-6-2-1-3-7-11/h1-10,20H,(H,18,19). The van der Waals surface area contributed by atoms with Crippen LogP contribution in [-0.2, 0) is 0 Å². The summed E-state index contributed by atoms with van der Waals surface area (Å²) in [6.45, 7) is 0. The second-order valence-electron chi connectivity index (χ2n) is 4.81. The Morgan fingerprint density at radius 2 is 1.71 bits per heavy atom. The van der Waals surface area contributed by atoms with Crippen LogP contribution in [0.5, 0.6) is 5.75 Å². The highest BCUT2D eigenvalue weighted by molar-refractivity contribution is 7.22. The summed E-state index contributed by atoms with van der Waals surface area (Å²) in [7, 11) is 0. The minimum atomic E-state index is 0.318. The van der Waals surface area contributed by atoms with Crippen molar-refractivity contribution in [2.24, 2.45) is 0 Å². The van der Waals surface area contributed by atoms with Crippen molar-refractivity contribution < 1.29 is 5.11 Å². The molecule has 0 fully saturated rings. The van der Waals surface area contributed by atoms with Gasteiger partial charge >= 0.3 is 0 Å². The molecule has 0 aliphatic heterocycles. The minimum Gasteiger partial charge on any atom is -0.506 e. The van der Waals surface area contributed by atoms with Crippen molar-refractivity contribution in [3.63, 3.8) is 0 Å². The number of nitrogens with zero attached hydrogens (tertiary/aromatic N) is 1. The van der Waals surface area contributed by atoms with Gasteiger partial charge in [-0.25, -0.2) is 0 Å². The van der Waals surface area contributed by atoms with E-state index in [1.54, 1.807) is 11.3 Å². The van der Waals surface area contributed by atoms with Crippen molar-refractivity contribution in [2.45, 2.75) is 0 Å². The molecule has 2 N–H and O–H groups in total. The van der Waals surface area contributed by atoms with Crippen LogP contribution in [0.15, 0.2) is 60.7 Å². The predicted molar refractivity (Wildman–Crippen MR) is 86.5 cm³/mol. The molecule has 0 unspecified atom stereocenters. The first-order chi connectivity index (χ1) is 10.3. The average molecular weight is 292 g/mol. The maximum atomic E-state index is 10.4. The minimum absolute atomic E-state index is 0.318. The number of hydrogen-bond donors (Lipinski definition) is 2. The Morgan fingerprint density at radius 3 is 2.52 bits per heavy atom. The molecule has 0 saturated carbocycles. The maximum Gasteiger partial charge on any atom is 0.143 e. The van der Waals surface area contributed by atoms with Crippen molar-refractivity contribution >= 4 is 21.4 Å². The van der Waals surface area contributed by atoms with Gasteiger partial charge in [0.1, 0.15) is 5.75 Å². The molecule has 0 bridgehead atoms. The van der Waals surface area contributed by atoms with E-state index in [4.69, 9.17) is 0 Å². The van der Waals surface area contributed by atoms with Crippen LogP contribution in [0.3, 0.4) is 0 Å². The zero-order valence-electron chi connectivity index (χ0n) is 11.1. The number of H-pyrrole nitrogens is 1. The van der Waals surface area contributed by atoms with Crippen LogP contribution in [0.25, 0.3) is 31.9 Å². The van der Waals surface area contributed by atoms with E-state index in [1.807, 2.05) is 60.7 Å². The Labute approximate surface area is 125 Å². The molecule has 3 nitrogen and oxygen atoms in total. The summed E-state index contributed by atoms with van der Waals surface area (Å²) in [5, 5.41) is 18.6. The van der Waals surface area contributed by atoms with Gasteiger partial charge in [-0.1, -0.05) is 42.5 Å². The zero-order valence-corrected chi connectivity index (χ0v) is 11.9. The lowest BCUT2D eigenvalue weighted by Crippen LogP contribution is -1.75. The van der Waals surface area contributed by atoms with Gasteiger partial charge in [0, 0.05) is 15.6 Å². The number of fused-ring (bicyclic) bond motifs is 1. The Bertz CT molecular complexity index is 909. The smallest absolute Gasteiger partial charge is 0.143 e. The highest BCUT2D eigenvalue weighted by atomic mass is 32.1. The Kier molecular flexibility index (Phi) is 2.75. The number of aromatic hydroxyl groups is 1. The van der Waals surface area contributed by atoms with Gasteiger partial charge in [0.05, 0.1) is 16.3 Å². The van der Waals surface area contributed by atoms with Gasteiger partial charge in [-0.15, -0.1) is 11.3 Å². The van der Waals surface area contributed by atoms with E-state index in [0.717, 1.165) is 31.9 Å². The molecule has 4 heteroatoms. The number of benzene rings is 2. The van der Waals surface area contributed by atoms with Crippen LogP contribution in [0.1, 0.15) is 0 Å². The van der Waals surface area contributed by atoms with E-state index in [-0.39, 0.29) is 0 Å². The Balaban J connectivity index is 1.83. The second-order valence-corrected chi connectivity index (χ2v) is 5.86. The topological polar surface area (TPSA) is 48.9 Å². The summed E-state index contributed by atoms with van der Waals surface area (Å²) in [6.07, 6.45) is 0. The number of hydrogen-bond acceptors (Lipinski definition) is 3. The molecule has 21 heavy (non-hydrogen) atoms. The van der Waals surface area contributed by atoms with Gasteiger partial charge in [-0.2, -0.15) is 5.10 Å². The summed E-state index contributed by atoms with van der Waals surface area (Å²) < 4.78 is 1.07. The van der Waals surface area contributed by atoms with Crippen LogP contribution in [0.4, 0.5) is 0 Å². The first kappa shape index (κ1) is 12.2. The molecule has 4 rings (SSSR count). The molecular formula is C17H12N2OS. The maximum absolute atomic E-state index is 10.4. The summed E-state index contributed by atoms with van der Waals surface area (Å²) in [5.41, 5.74) is 2.77. The molecule has 0 aliphatic rings. The van der Waals surface area contributed by atoms with Crippen molar-refractivity contribution in [3.8, 4) is 27.6 Å². The van der Waals surface area contributed by atoms with Crippen LogP contribution in [0, 0.1) is 0 Å². The monoisotopic (exact) mass is 292 g/mol. The molecule has 0 aliphatic carbocycles. The second kappa shape index (κ2) is 4.75. The van der Waals surface area contributed by atoms with Gasteiger partial charge in [0.25, 0.3) is 0 Å². The molecule has 2 aromatic heterocycles. The molecule has 0 saturated heterocycles. The summed E-state index contributed by atoms with van der Waals surface area (Å²) in [5.74, 6) is 0.318. The molecule has 0 radical (unpaired) electrons. The molecule has 0 amide bonds. The fourth-order valence-corrected chi connectivity index (χ4v) is 3.47. The third kappa shape index (κ3) is 2.00. The van der Waals surface area contributed by atoms with Gasteiger partial charge in [0.2, 0.25) is 0 Å². The summed E-state index contributed by atoms with van der Waals surface area (Å²) in [6, 6.07) is 19.8. The highest BCUT2D eigenvalue weighted by Crippen LogP contribution is 2.43. The van der Waals surface area contributed by atoms with Crippen LogP contribution in [0.2, 0.25) is 0 Å². The largest absolute Gasteiger partial charge is 0.506 e. The van der Waals surface area contributed by atoms with E-state index in [1.165, 1.54) is 0 Å². The van der Waals surface area contributed by atoms with Gasteiger partial charge in [0.15, 0.2) is 0 Å². The van der Waals surface area contributed by atoms with Crippen molar-refractivity contribution in [2.75, 3.05) is 0 Å². The third-order valence-electron chi connectivity index (χ3n) is 3.46. The van der Waals surface area contributed by atoms with Crippen molar-refractivity contribution in [1.29, 1.82) is 0 Å². The molecule has 102 valence electrons. The number of rotatable bonds is 2. The van der Waals surface area contributed by atoms with Crippen LogP contribution < -0.4 is 0 Å². The summed E-state index contributed by atoms with van der Waals surface area (Å²) >= 11 is 1.56. The van der Waals surface area contributed by atoms with Gasteiger partial charge in [-0.05, 0) is 18.2 Å². The lowest BCUT2D eigenvalue weighted by Gasteiger charge is -1.94. The fourth-order valence-electron chi connectivity index (χ4n) is 2.41.